The summed E-state index contributed by atoms with van der Waals surface area (Å²) in [5.41, 5.74) is 6.31. The molecule has 2 aromatic heterocycles. The Morgan fingerprint density at radius 3 is 2.97 bits per heavy atom. The van der Waals surface area contributed by atoms with Crippen molar-refractivity contribution in [2.75, 3.05) is 18.4 Å². The summed E-state index contributed by atoms with van der Waals surface area (Å²) in [6.45, 7) is 4.73. The molecule has 2 amide bonds. The number of H-pyrrole nitrogens is 2. The number of nitrogens with zero attached hydrogens (tertiary/aromatic N) is 2. The van der Waals surface area contributed by atoms with E-state index in [1.807, 2.05) is 18.2 Å². The molecule has 3 aromatic rings. The molecule has 0 radical (unpaired) electrons. The van der Waals surface area contributed by atoms with Crippen LogP contribution < -0.4 is 5.32 Å². The van der Waals surface area contributed by atoms with Crippen LogP contribution in [0.25, 0.3) is 22.3 Å². The highest BCUT2D eigenvalue weighted by Crippen LogP contribution is 2.38. The monoisotopic (exact) mass is 421 g/mol. The molecule has 5 rings (SSSR count). The van der Waals surface area contributed by atoms with Crippen LogP contribution in [0.3, 0.4) is 0 Å². The summed E-state index contributed by atoms with van der Waals surface area (Å²) < 4.78 is 0. The Morgan fingerprint density at radius 1 is 1.35 bits per heavy atom. The molecular formula is C23H27N5O3. The average Bonchev–Trinajstić information content (AvgIpc) is 3.36. The van der Waals surface area contributed by atoms with E-state index in [0.29, 0.717) is 11.1 Å². The second-order valence-corrected chi connectivity index (χ2v) is 9.54. The van der Waals surface area contributed by atoms with Gasteiger partial charge in [0.15, 0.2) is 0 Å². The molecule has 4 N–H and O–H groups in total. The molecule has 3 heterocycles. The molecular weight excluding hydrogens is 394 g/mol. The predicted octanol–water partition coefficient (Wildman–Crippen LogP) is 2.60. The van der Waals surface area contributed by atoms with E-state index in [-0.39, 0.29) is 31.3 Å². The van der Waals surface area contributed by atoms with Gasteiger partial charge < -0.3 is 20.3 Å². The Balaban J connectivity index is 1.34. The van der Waals surface area contributed by atoms with Crippen molar-refractivity contribution in [3.63, 3.8) is 0 Å². The lowest BCUT2D eigenvalue weighted by Crippen LogP contribution is -2.34. The summed E-state index contributed by atoms with van der Waals surface area (Å²) in [5, 5.41) is 21.3. The zero-order chi connectivity index (χ0) is 21.8. The fourth-order valence-electron chi connectivity index (χ4n) is 4.68. The number of likely N-dealkylation sites (tertiary alicyclic amines) is 1. The minimum absolute atomic E-state index is 0.0559. The molecule has 0 bridgehead atoms. The van der Waals surface area contributed by atoms with E-state index < -0.39 is 6.10 Å². The van der Waals surface area contributed by atoms with Gasteiger partial charge in [0.05, 0.1) is 24.8 Å². The van der Waals surface area contributed by atoms with Crippen molar-refractivity contribution in [3.8, 4) is 11.4 Å². The molecule has 0 saturated carbocycles. The molecule has 1 fully saturated rings. The minimum atomic E-state index is -0.687. The highest BCUT2D eigenvalue weighted by Gasteiger charge is 2.30. The van der Waals surface area contributed by atoms with Gasteiger partial charge in [-0.2, -0.15) is 5.10 Å². The van der Waals surface area contributed by atoms with Crippen LogP contribution in [0.4, 0.5) is 5.69 Å². The fourth-order valence-corrected chi connectivity index (χ4v) is 4.68. The first-order valence-electron chi connectivity index (χ1n) is 10.7. The van der Waals surface area contributed by atoms with Crippen LogP contribution in [-0.2, 0) is 22.4 Å². The maximum Gasteiger partial charge on any atom is 0.243 e. The third kappa shape index (κ3) is 3.83. The van der Waals surface area contributed by atoms with Gasteiger partial charge in [-0.25, -0.2) is 0 Å². The van der Waals surface area contributed by atoms with E-state index in [9.17, 15) is 14.7 Å². The lowest BCUT2D eigenvalue weighted by molar-refractivity contribution is -0.131. The Labute approximate surface area is 180 Å². The van der Waals surface area contributed by atoms with Crippen LogP contribution >= 0.6 is 0 Å². The number of aliphatic hydroxyl groups excluding tert-OH is 1. The molecule has 1 aromatic carbocycles. The second kappa shape index (κ2) is 7.23. The van der Waals surface area contributed by atoms with Crippen molar-refractivity contribution in [1.82, 2.24) is 20.1 Å². The average molecular weight is 422 g/mol. The van der Waals surface area contributed by atoms with Crippen molar-refractivity contribution in [2.45, 2.75) is 45.6 Å². The van der Waals surface area contributed by atoms with E-state index in [1.54, 1.807) is 0 Å². The maximum absolute atomic E-state index is 12.4. The summed E-state index contributed by atoms with van der Waals surface area (Å²) in [5.74, 6) is -0.476. The molecule has 31 heavy (non-hydrogen) atoms. The van der Waals surface area contributed by atoms with Crippen LogP contribution in [0, 0.1) is 5.41 Å². The van der Waals surface area contributed by atoms with Crippen LogP contribution in [-0.4, -0.2) is 56.2 Å². The molecule has 1 unspecified atom stereocenters. The number of aromatic amines is 2. The smallest absolute Gasteiger partial charge is 0.243 e. The van der Waals surface area contributed by atoms with Gasteiger partial charge in [0.25, 0.3) is 0 Å². The summed E-state index contributed by atoms with van der Waals surface area (Å²) in [7, 11) is 0. The number of carbonyl (C=O) groups is 2. The van der Waals surface area contributed by atoms with Gasteiger partial charge >= 0.3 is 0 Å². The first-order valence-corrected chi connectivity index (χ1v) is 10.7. The normalized spacial score (nSPS) is 20.3. The largest absolute Gasteiger partial charge is 0.391 e. The number of β-amino-alcohol motifs (C(OH)–C–C–N with tert-alkyl or cyclic N) is 1. The number of fused-ring (bicyclic) bond motifs is 2. The van der Waals surface area contributed by atoms with Crippen molar-refractivity contribution in [2.24, 2.45) is 5.41 Å². The van der Waals surface area contributed by atoms with E-state index in [0.717, 1.165) is 41.6 Å². The molecule has 0 spiro atoms. The van der Waals surface area contributed by atoms with Crippen molar-refractivity contribution in [1.29, 1.82) is 0 Å². The molecule has 1 aliphatic carbocycles. The standard InChI is InChI=1S/C23H27N5O3/c1-23(2)6-5-16-19(10-23)26-27-22(16)18-7-13-3-4-14(8-17(13)25-18)24-20(30)12-28-11-15(29)9-21(28)31/h3-4,7-8,15,25,29H,5-6,9-12H2,1-2H3,(H,24,30)(H,26,27). The fraction of sp³-hybridized carbons (Fsp3) is 0.435. The van der Waals surface area contributed by atoms with Crippen molar-refractivity contribution >= 4 is 28.4 Å². The SMILES string of the molecule is CC1(C)CCc2c(-c3cc4ccc(NC(=O)CN5CC(O)CC5=O)cc4[nH]3)n[nH]c2C1. The molecule has 162 valence electrons. The number of nitrogens with one attached hydrogen (secondary N) is 3. The topological polar surface area (TPSA) is 114 Å². The zero-order valence-corrected chi connectivity index (χ0v) is 17.8. The molecule has 2 aliphatic rings. The number of rotatable bonds is 4. The number of benzene rings is 1. The highest BCUT2D eigenvalue weighted by atomic mass is 16.3. The summed E-state index contributed by atoms with van der Waals surface area (Å²) in [6, 6.07) is 7.78. The second-order valence-electron chi connectivity index (χ2n) is 9.54. The first kappa shape index (κ1) is 19.8. The Kier molecular flexibility index (Phi) is 4.62. The predicted molar refractivity (Wildman–Crippen MR) is 118 cm³/mol. The number of carbonyl (C=O) groups excluding carboxylic acids is 2. The van der Waals surface area contributed by atoms with Gasteiger partial charge in [0.2, 0.25) is 11.8 Å². The first-order chi connectivity index (χ1) is 14.8. The van der Waals surface area contributed by atoms with Gasteiger partial charge in [-0.15, -0.1) is 0 Å². The van der Waals surface area contributed by atoms with Crippen LogP contribution in [0.5, 0.6) is 0 Å². The van der Waals surface area contributed by atoms with E-state index in [1.165, 1.54) is 16.2 Å². The van der Waals surface area contributed by atoms with E-state index in [4.69, 9.17) is 0 Å². The van der Waals surface area contributed by atoms with E-state index in [2.05, 4.69) is 40.4 Å². The van der Waals surface area contributed by atoms with Crippen molar-refractivity contribution < 1.29 is 14.7 Å². The Morgan fingerprint density at radius 2 is 2.19 bits per heavy atom. The number of aliphatic hydroxyl groups is 1. The zero-order valence-electron chi connectivity index (χ0n) is 17.8. The minimum Gasteiger partial charge on any atom is -0.391 e. The maximum atomic E-state index is 12.4. The summed E-state index contributed by atoms with van der Waals surface area (Å²) in [6.07, 6.45) is 2.54. The lowest BCUT2D eigenvalue weighted by Gasteiger charge is -2.28. The van der Waals surface area contributed by atoms with Crippen LogP contribution in [0.15, 0.2) is 24.3 Å². The van der Waals surface area contributed by atoms with Gasteiger partial charge in [0.1, 0.15) is 5.69 Å². The highest BCUT2D eigenvalue weighted by molar-refractivity contribution is 5.97. The third-order valence-corrected chi connectivity index (χ3v) is 6.35. The number of anilines is 1. The van der Waals surface area contributed by atoms with Gasteiger partial charge in [-0.1, -0.05) is 19.9 Å². The quantitative estimate of drug-likeness (QED) is 0.518. The Hall–Kier alpha value is -3.13. The van der Waals surface area contributed by atoms with E-state index >= 15 is 0 Å². The molecule has 8 nitrogen and oxygen atoms in total. The Bertz CT molecular complexity index is 1180. The number of hydrogen-bond donors (Lipinski definition) is 4. The summed E-state index contributed by atoms with van der Waals surface area (Å²) >= 11 is 0. The van der Waals surface area contributed by atoms with Crippen LogP contribution in [0.2, 0.25) is 0 Å². The lowest BCUT2D eigenvalue weighted by atomic mass is 9.76. The van der Waals surface area contributed by atoms with Gasteiger partial charge in [-0.3, -0.25) is 14.7 Å². The van der Waals surface area contributed by atoms with Crippen LogP contribution in [0.1, 0.15) is 37.9 Å². The number of aromatic nitrogens is 3. The van der Waals surface area contributed by atoms with Crippen molar-refractivity contribution in [3.05, 3.63) is 35.5 Å². The third-order valence-electron chi connectivity index (χ3n) is 6.35. The molecule has 1 atom stereocenters. The number of amides is 2. The summed E-state index contributed by atoms with van der Waals surface area (Å²) in [4.78, 5) is 28.9. The number of hydrogen-bond acceptors (Lipinski definition) is 4. The molecule has 1 saturated heterocycles. The molecule has 8 heteroatoms. The van der Waals surface area contributed by atoms with Gasteiger partial charge in [0, 0.05) is 34.4 Å². The van der Waals surface area contributed by atoms with Gasteiger partial charge in [-0.05, 0) is 42.9 Å². The molecule has 1 aliphatic heterocycles.